The molecular formula is C15H20F3N3O2. The maximum atomic E-state index is 13.1. The highest BCUT2D eigenvalue weighted by Gasteiger charge is 2.36. The van der Waals surface area contributed by atoms with Gasteiger partial charge in [0.15, 0.2) is 0 Å². The number of para-hydroxylation sites is 1. The molecule has 1 heterocycles. The van der Waals surface area contributed by atoms with Crippen molar-refractivity contribution in [2.24, 2.45) is 0 Å². The predicted octanol–water partition coefficient (Wildman–Crippen LogP) is 1.96. The van der Waals surface area contributed by atoms with Gasteiger partial charge in [-0.15, -0.1) is 0 Å². The molecule has 23 heavy (non-hydrogen) atoms. The van der Waals surface area contributed by atoms with Crippen LogP contribution in [0.15, 0.2) is 24.3 Å². The van der Waals surface area contributed by atoms with E-state index in [1.54, 1.807) is 17.9 Å². The largest absolute Gasteiger partial charge is 0.418 e. The van der Waals surface area contributed by atoms with Crippen LogP contribution in [0.5, 0.6) is 0 Å². The summed E-state index contributed by atoms with van der Waals surface area (Å²) in [6.07, 6.45) is -4.50. The third-order valence-electron chi connectivity index (χ3n) is 3.63. The summed E-state index contributed by atoms with van der Waals surface area (Å²) in [5, 5.41) is 14.3. The zero-order valence-electron chi connectivity index (χ0n) is 12.7. The van der Waals surface area contributed by atoms with E-state index in [-0.39, 0.29) is 18.3 Å². The fourth-order valence-corrected chi connectivity index (χ4v) is 2.56. The number of rotatable bonds is 4. The molecule has 0 unspecified atom stereocenters. The van der Waals surface area contributed by atoms with Gasteiger partial charge in [-0.3, -0.25) is 0 Å². The quantitative estimate of drug-likeness (QED) is 0.790. The predicted molar refractivity (Wildman–Crippen MR) is 80.3 cm³/mol. The van der Waals surface area contributed by atoms with E-state index in [0.717, 1.165) is 6.07 Å². The van der Waals surface area contributed by atoms with Crippen LogP contribution in [0.4, 0.5) is 23.7 Å². The Hall–Kier alpha value is -1.96. The first-order chi connectivity index (χ1) is 10.8. The second kappa shape index (κ2) is 7.08. The molecule has 3 N–H and O–H groups in total. The van der Waals surface area contributed by atoms with Crippen molar-refractivity contribution in [3.8, 4) is 0 Å². The van der Waals surface area contributed by atoms with Crippen molar-refractivity contribution in [1.29, 1.82) is 0 Å². The van der Waals surface area contributed by atoms with Crippen molar-refractivity contribution in [1.82, 2.24) is 10.6 Å². The molecule has 1 aliphatic heterocycles. The van der Waals surface area contributed by atoms with Crippen molar-refractivity contribution in [2.75, 3.05) is 24.5 Å². The molecule has 1 aromatic carbocycles. The molecule has 0 radical (unpaired) electrons. The van der Waals surface area contributed by atoms with E-state index in [1.807, 2.05) is 0 Å². The van der Waals surface area contributed by atoms with Crippen LogP contribution >= 0.6 is 0 Å². The normalized spacial score (nSPS) is 19.5. The first-order valence-corrected chi connectivity index (χ1v) is 7.41. The number of alkyl halides is 3. The van der Waals surface area contributed by atoms with E-state index in [1.165, 1.54) is 12.1 Å². The molecule has 0 saturated carbocycles. The van der Waals surface area contributed by atoms with Crippen LogP contribution < -0.4 is 15.5 Å². The van der Waals surface area contributed by atoms with E-state index in [4.69, 9.17) is 5.11 Å². The number of benzene rings is 1. The maximum absolute atomic E-state index is 13.1. The lowest BCUT2D eigenvalue weighted by atomic mass is 10.1. The Kier molecular flexibility index (Phi) is 5.35. The van der Waals surface area contributed by atoms with Crippen LogP contribution in [0.3, 0.4) is 0 Å². The summed E-state index contributed by atoms with van der Waals surface area (Å²) in [4.78, 5) is 13.3. The number of hydrogen-bond donors (Lipinski definition) is 3. The SMILES string of the molecule is C[C@@H](O)CNC(=O)N[C@@H]1CCN(c2ccccc2C(F)(F)F)C1. The first kappa shape index (κ1) is 17.4. The number of aliphatic hydroxyl groups is 1. The lowest BCUT2D eigenvalue weighted by Crippen LogP contribution is -2.45. The highest BCUT2D eigenvalue weighted by molar-refractivity contribution is 5.74. The van der Waals surface area contributed by atoms with Crippen LogP contribution in [-0.2, 0) is 6.18 Å². The summed E-state index contributed by atoms with van der Waals surface area (Å²) in [6, 6.07) is 4.78. The summed E-state index contributed by atoms with van der Waals surface area (Å²) in [5.74, 6) is 0. The molecule has 1 saturated heterocycles. The lowest BCUT2D eigenvalue weighted by molar-refractivity contribution is -0.137. The summed E-state index contributed by atoms with van der Waals surface area (Å²) in [7, 11) is 0. The molecule has 2 atom stereocenters. The van der Waals surface area contributed by atoms with E-state index in [9.17, 15) is 18.0 Å². The molecule has 2 rings (SSSR count). The molecule has 1 aliphatic rings. The Bertz CT molecular complexity index is 549. The van der Waals surface area contributed by atoms with Crippen molar-refractivity contribution >= 4 is 11.7 Å². The number of anilines is 1. The molecular weight excluding hydrogens is 311 g/mol. The third kappa shape index (κ3) is 4.75. The second-order valence-electron chi connectivity index (χ2n) is 5.65. The van der Waals surface area contributed by atoms with Crippen LogP contribution in [-0.4, -0.2) is 42.9 Å². The molecule has 128 valence electrons. The summed E-state index contributed by atoms with van der Waals surface area (Å²) < 4.78 is 39.2. The second-order valence-corrected chi connectivity index (χ2v) is 5.65. The van der Waals surface area contributed by atoms with Gasteiger partial charge in [0.1, 0.15) is 0 Å². The zero-order chi connectivity index (χ0) is 17.0. The van der Waals surface area contributed by atoms with Crippen LogP contribution in [0, 0.1) is 0 Å². The minimum Gasteiger partial charge on any atom is -0.392 e. The number of nitrogens with one attached hydrogen (secondary N) is 2. The fourth-order valence-electron chi connectivity index (χ4n) is 2.56. The van der Waals surface area contributed by atoms with E-state index in [2.05, 4.69) is 10.6 Å². The number of amides is 2. The number of halogens is 3. The topological polar surface area (TPSA) is 64.6 Å². The highest BCUT2D eigenvalue weighted by atomic mass is 19.4. The average Bonchev–Trinajstić information content (AvgIpc) is 2.92. The van der Waals surface area contributed by atoms with Crippen LogP contribution in [0.25, 0.3) is 0 Å². The van der Waals surface area contributed by atoms with Crippen molar-refractivity contribution < 1.29 is 23.1 Å². The van der Waals surface area contributed by atoms with E-state index in [0.29, 0.717) is 19.5 Å². The van der Waals surface area contributed by atoms with Crippen molar-refractivity contribution in [3.05, 3.63) is 29.8 Å². The zero-order valence-corrected chi connectivity index (χ0v) is 12.7. The Balaban J connectivity index is 1.97. The van der Waals surface area contributed by atoms with Gasteiger partial charge in [-0.25, -0.2) is 4.79 Å². The van der Waals surface area contributed by atoms with Gasteiger partial charge in [-0.1, -0.05) is 12.1 Å². The Labute approximate surface area is 132 Å². The smallest absolute Gasteiger partial charge is 0.392 e. The number of urea groups is 1. The molecule has 0 spiro atoms. The molecule has 8 heteroatoms. The molecule has 5 nitrogen and oxygen atoms in total. The van der Waals surface area contributed by atoms with Gasteiger partial charge in [0.25, 0.3) is 0 Å². The van der Waals surface area contributed by atoms with Crippen LogP contribution in [0.1, 0.15) is 18.9 Å². The average molecular weight is 331 g/mol. The third-order valence-corrected chi connectivity index (χ3v) is 3.63. The summed E-state index contributed by atoms with van der Waals surface area (Å²) in [5.41, 5.74) is -0.534. The van der Waals surface area contributed by atoms with Gasteiger partial charge in [0.2, 0.25) is 0 Å². The lowest BCUT2D eigenvalue weighted by Gasteiger charge is -2.23. The summed E-state index contributed by atoms with van der Waals surface area (Å²) >= 11 is 0. The first-order valence-electron chi connectivity index (χ1n) is 7.41. The minimum atomic E-state index is -4.41. The van der Waals surface area contributed by atoms with E-state index >= 15 is 0 Å². The van der Waals surface area contributed by atoms with Crippen molar-refractivity contribution in [2.45, 2.75) is 31.7 Å². The van der Waals surface area contributed by atoms with Crippen LogP contribution in [0.2, 0.25) is 0 Å². The highest BCUT2D eigenvalue weighted by Crippen LogP contribution is 2.37. The Morgan fingerprint density at radius 1 is 1.43 bits per heavy atom. The number of hydrogen-bond acceptors (Lipinski definition) is 3. The van der Waals surface area contributed by atoms with E-state index < -0.39 is 23.9 Å². The van der Waals surface area contributed by atoms with Gasteiger partial charge in [-0.2, -0.15) is 13.2 Å². The van der Waals surface area contributed by atoms with Gasteiger partial charge in [0, 0.05) is 31.4 Å². The number of aliphatic hydroxyl groups excluding tert-OH is 1. The number of carbonyl (C=O) groups excluding carboxylic acids is 1. The van der Waals surface area contributed by atoms with Crippen molar-refractivity contribution in [3.63, 3.8) is 0 Å². The summed E-state index contributed by atoms with van der Waals surface area (Å²) in [6.45, 7) is 2.43. The monoisotopic (exact) mass is 331 g/mol. The number of nitrogens with zero attached hydrogens (tertiary/aromatic N) is 1. The molecule has 1 fully saturated rings. The Morgan fingerprint density at radius 2 is 2.13 bits per heavy atom. The van der Waals surface area contributed by atoms with Gasteiger partial charge < -0.3 is 20.6 Å². The number of carbonyl (C=O) groups is 1. The molecule has 0 aromatic heterocycles. The van der Waals surface area contributed by atoms with Gasteiger partial charge in [-0.05, 0) is 25.5 Å². The van der Waals surface area contributed by atoms with Gasteiger partial charge in [0.05, 0.1) is 11.7 Å². The molecule has 1 aromatic rings. The molecule has 0 bridgehead atoms. The minimum absolute atomic E-state index is 0.124. The maximum Gasteiger partial charge on any atom is 0.418 e. The fraction of sp³-hybridized carbons (Fsp3) is 0.533. The standard InChI is InChI=1S/C15H20F3N3O2/c1-10(22)8-19-14(23)20-11-6-7-21(9-11)13-5-3-2-4-12(13)15(16,17)18/h2-5,10-11,22H,6-9H2,1H3,(H2,19,20,23)/t10-,11-/m1/s1. The Morgan fingerprint density at radius 3 is 2.78 bits per heavy atom. The molecule has 0 aliphatic carbocycles. The van der Waals surface area contributed by atoms with Gasteiger partial charge >= 0.3 is 12.2 Å². The molecule has 2 amide bonds.